The third-order valence-corrected chi connectivity index (χ3v) is 4.28. The van der Waals surface area contributed by atoms with Crippen LogP contribution in [-0.4, -0.2) is 7.11 Å². The van der Waals surface area contributed by atoms with Crippen molar-refractivity contribution < 1.29 is 9.13 Å². The monoisotopic (exact) mass is 352 g/mol. The molecule has 0 saturated carbocycles. The molecule has 1 atom stereocenters. The van der Waals surface area contributed by atoms with Crippen molar-refractivity contribution in [1.82, 2.24) is 0 Å². The van der Waals surface area contributed by atoms with Gasteiger partial charge in [-0.15, -0.1) is 0 Å². The Hall–Kier alpha value is -2.58. The lowest BCUT2D eigenvalue weighted by Crippen LogP contribution is -2.02. The van der Waals surface area contributed by atoms with E-state index in [4.69, 9.17) is 16.3 Å². The molecule has 0 aliphatic rings. The molecule has 0 N–H and O–H groups in total. The molecule has 0 amide bonds. The Kier molecular flexibility index (Phi) is 5.52. The van der Waals surface area contributed by atoms with Crippen molar-refractivity contribution in [1.29, 1.82) is 0 Å². The number of hydrogen-bond acceptors (Lipinski definition) is 1. The van der Waals surface area contributed by atoms with E-state index in [1.807, 2.05) is 66.7 Å². The molecule has 1 unspecified atom stereocenters. The largest absolute Gasteiger partial charge is 0.497 e. The van der Waals surface area contributed by atoms with Crippen LogP contribution in [0.4, 0.5) is 4.39 Å². The van der Waals surface area contributed by atoms with E-state index < -0.39 is 5.92 Å². The Balaban J connectivity index is 2.00. The Morgan fingerprint density at radius 1 is 0.880 bits per heavy atom. The molecule has 3 heteroatoms. The van der Waals surface area contributed by atoms with Crippen LogP contribution in [0, 0.1) is 0 Å². The molecule has 0 bridgehead atoms. The zero-order chi connectivity index (χ0) is 17.6. The molecule has 0 aliphatic carbocycles. The van der Waals surface area contributed by atoms with Crippen molar-refractivity contribution in [2.75, 3.05) is 7.11 Å². The van der Waals surface area contributed by atoms with Gasteiger partial charge in [0.05, 0.1) is 13.0 Å². The fourth-order valence-corrected chi connectivity index (χ4v) is 2.88. The Morgan fingerprint density at radius 3 is 2.08 bits per heavy atom. The fraction of sp³-hybridized carbons (Fsp3) is 0.0909. The van der Waals surface area contributed by atoms with Crippen molar-refractivity contribution in [3.8, 4) is 5.75 Å². The lowest BCUT2D eigenvalue weighted by Gasteiger charge is -2.17. The minimum atomic E-state index is -0.472. The highest BCUT2D eigenvalue weighted by molar-refractivity contribution is 6.30. The molecule has 0 radical (unpaired) electrons. The van der Waals surface area contributed by atoms with Crippen LogP contribution < -0.4 is 4.74 Å². The summed E-state index contributed by atoms with van der Waals surface area (Å²) < 4.78 is 20.3. The van der Waals surface area contributed by atoms with E-state index in [2.05, 4.69) is 0 Å². The van der Waals surface area contributed by atoms with Gasteiger partial charge < -0.3 is 4.74 Å². The first-order chi connectivity index (χ1) is 12.2. The van der Waals surface area contributed by atoms with Crippen LogP contribution in [0.25, 0.3) is 6.08 Å². The Morgan fingerprint density at radius 2 is 1.48 bits per heavy atom. The third-order valence-electron chi connectivity index (χ3n) is 4.03. The standard InChI is InChI=1S/C22H18ClFO/c1-25-20-13-7-16(8-14-20)15-21(24)22(17-5-3-2-4-6-17)18-9-11-19(23)12-10-18/h2-15,22H,1H3/b21-15-. The van der Waals surface area contributed by atoms with Crippen molar-refractivity contribution in [3.63, 3.8) is 0 Å². The van der Waals surface area contributed by atoms with Gasteiger partial charge in [0, 0.05) is 5.02 Å². The maximum Gasteiger partial charge on any atom is 0.118 e. The molecular formula is C22H18ClFO. The third kappa shape index (κ3) is 4.28. The SMILES string of the molecule is COc1ccc(/C=C(\F)C(c2ccccc2)c2ccc(Cl)cc2)cc1. The molecule has 3 rings (SSSR count). The highest BCUT2D eigenvalue weighted by Gasteiger charge is 2.19. The summed E-state index contributed by atoms with van der Waals surface area (Å²) in [6.07, 6.45) is 1.56. The molecule has 0 heterocycles. The summed E-state index contributed by atoms with van der Waals surface area (Å²) in [5, 5.41) is 0.634. The number of benzene rings is 3. The topological polar surface area (TPSA) is 9.23 Å². The number of methoxy groups -OCH3 is 1. The van der Waals surface area contributed by atoms with Crippen LogP contribution in [0.2, 0.25) is 5.02 Å². The molecular weight excluding hydrogens is 335 g/mol. The fourth-order valence-electron chi connectivity index (χ4n) is 2.75. The number of rotatable bonds is 5. The molecule has 25 heavy (non-hydrogen) atoms. The smallest absolute Gasteiger partial charge is 0.118 e. The summed E-state index contributed by atoms with van der Waals surface area (Å²) in [4.78, 5) is 0. The summed E-state index contributed by atoms with van der Waals surface area (Å²) in [7, 11) is 1.61. The maximum atomic E-state index is 15.2. The summed E-state index contributed by atoms with van der Waals surface area (Å²) in [6.45, 7) is 0. The average Bonchev–Trinajstić information content (AvgIpc) is 2.65. The van der Waals surface area contributed by atoms with Crippen LogP contribution in [0.5, 0.6) is 5.75 Å². The van der Waals surface area contributed by atoms with Gasteiger partial charge in [0.25, 0.3) is 0 Å². The zero-order valence-electron chi connectivity index (χ0n) is 13.8. The van der Waals surface area contributed by atoms with E-state index in [0.717, 1.165) is 22.4 Å². The maximum absolute atomic E-state index is 15.2. The predicted octanol–water partition coefficient (Wildman–Crippen LogP) is 6.49. The number of halogens is 2. The lowest BCUT2D eigenvalue weighted by atomic mass is 9.89. The molecule has 3 aromatic carbocycles. The molecule has 0 aliphatic heterocycles. The lowest BCUT2D eigenvalue weighted by molar-refractivity contribution is 0.415. The first-order valence-corrected chi connectivity index (χ1v) is 8.37. The van der Waals surface area contributed by atoms with E-state index in [-0.39, 0.29) is 5.83 Å². The van der Waals surface area contributed by atoms with Crippen molar-refractivity contribution in [2.45, 2.75) is 5.92 Å². The first kappa shape index (κ1) is 17.2. The van der Waals surface area contributed by atoms with Gasteiger partial charge in [-0.05, 0) is 47.0 Å². The van der Waals surface area contributed by atoms with Crippen LogP contribution in [0.15, 0.2) is 84.7 Å². The summed E-state index contributed by atoms with van der Waals surface area (Å²) in [5.74, 6) is 0.0501. The van der Waals surface area contributed by atoms with Crippen LogP contribution in [0.1, 0.15) is 22.6 Å². The van der Waals surface area contributed by atoms with Gasteiger partial charge in [0.15, 0.2) is 0 Å². The van der Waals surface area contributed by atoms with E-state index >= 15 is 4.39 Å². The normalized spacial score (nSPS) is 12.7. The minimum absolute atomic E-state index is 0.223. The molecule has 0 saturated heterocycles. The predicted molar refractivity (Wildman–Crippen MR) is 102 cm³/mol. The van der Waals surface area contributed by atoms with Crippen molar-refractivity contribution in [2.24, 2.45) is 0 Å². The molecule has 1 nitrogen and oxygen atoms in total. The number of allylic oxidation sites excluding steroid dienone is 1. The number of hydrogen-bond donors (Lipinski definition) is 0. The molecule has 0 spiro atoms. The second kappa shape index (κ2) is 8.00. The average molecular weight is 353 g/mol. The summed E-state index contributed by atoms with van der Waals surface area (Å²) in [6, 6.07) is 24.2. The second-order valence-corrected chi connectivity index (χ2v) is 6.13. The molecule has 0 fully saturated rings. The number of ether oxygens (including phenoxy) is 1. The Bertz CT molecular complexity index is 839. The van der Waals surface area contributed by atoms with Crippen LogP contribution in [-0.2, 0) is 0 Å². The van der Waals surface area contributed by atoms with Gasteiger partial charge >= 0.3 is 0 Å². The summed E-state index contributed by atoms with van der Waals surface area (Å²) in [5.41, 5.74) is 2.54. The molecule has 0 aromatic heterocycles. The van der Waals surface area contributed by atoms with Gasteiger partial charge in [-0.3, -0.25) is 0 Å². The van der Waals surface area contributed by atoms with Gasteiger partial charge in [0.2, 0.25) is 0 Å². The van der Waals surface area contributed by atoms with Crippen molar-refractivity contribution >= 4 is 17.7 Å². The van der Waals surface area contributed by atoms with E-state index in [1.165, 1.54) is 0 Å². The molecule has 3 aromatic rings. The zero-order valence-corrected chi connectivity index (χ0v) is 14.6. The quantitative estimate of drug-likeness (QED) is 0.509. The summed E-state index contributed by atoms with van der Waals surface area (Å²) >= 11 is 5.98. The first-order valence-electron chi connectivity index (χ1n) is 7.99. The van der Waals surface area contributed by atoms with E-state index in [9.17, 15) is 0 Å². The van der Waals surface area contributed by atoms with Crippen LogP contribution >= 0.6 is 11.6 Å². The molecule has 126 valence electrons. The highest BCUT2D eigenvalue weighted by Crippen LogP contribution is 2.34. The van der Waals surface area contributed by atoms with Gasteiger partial charge in [-0.2, -0.15) is 0 Å². The highest BCUT2D eigenvalue weighted by atomic mass is 35.5. The van der Waals surface area contributed by atoms with Crippen molar-refractivity contribution in [3.05, 3.63) is 106 Å². The van der Waals surface area contributed by atoms with Gasteiger partial charge in [0.1, 0.15) is 11.6 Å². The Labute approximate surface area is 152 Å². The minimum Gasteiger partial charge on any atom is -0.497 e. The van der Waals surface area contributed by atoms with Crippen LogP contribution in [0.3, 0.4) is 0 Å². The van der Waals surface area contributed by atoms with Gasteiger partial charge in [-0.25, -0.2) is 4.39 Å². The van der Waals surface area contributed by atoms with E-state index in [0.29, 0.717) is 5.02 Å². The van der Waals surface area contributed by atoms with Gasteiger partial charge in [-0.1, -0.05) is 66.2 Å². The van der Waals surface area contributed by atoms with E-state index in [1.54, 1.807) is 25.3 Å². The second-order valence-electron chi connectivity index (χ2n) is 5.70.